The maximum absolute atomic E-state index is 6.42. The van der Waals surface area contributed by atoms with Gasteiger partial charge in [-0.05, 0) is 44.4 Å². The Bertz CT molecular complexity index is 417. The second-order valence-electron chi connectivity index (χ2n) is 6.00. The van der Waals surface area contributed by atoms with Crippen molar-refractivity contribution in [3.63, 3.8) is 0 Å². The van der Waals surface area contributed by atoms with Crippen LogP contribution in [-0.4, -0.2) is 23.5 Å². The molecule has 2 nitrogen and oxygen atoms in total. The summed E-state index contributed by atoms with van der Waals surface area (Å²) < 4.78 is 0. The molecule has 1 fully saturated rings. The van der Waals surface area contributed by atoms with E-state index in [0.29, 0.717) is 6.04 Å². The molecule has 0 saturated carbocycles. The summed E-state index contributed by atoms with van der Waals surface area (Å²) in [6.45, 7) is 5.51. The lowest BCUT2D eigenvalue weighted by molar-refractivity contribution is 0.0765. The Labute approximate surface area is 128 Å². The van der Waals surface area contributed by atoms with Crippen LogP contribution in [0.15, 0.2) is 24.3 Å². The number of nitrogens with zero attached hydrogens (tertiary/aromatic N) is 1. The van der Waals surface area contributed by atoms with E-state index in [1.807, 2.05) is 12.1 Å². The zero-order valence-electron chi connectivity index (χ0n) is 12.7. The molecule has 0 bridgehead atoms. The molecule has 0 radical (unpaired) electrons. The van der Waals surface area contributed by atoms with Gasteiger partial charge in [-0.3, -0.25) is 4.90 Å². The highest BCUT2D eigenvalue weighted by atomic mass is 35.5. The highest BCUT2D eigenvalue weighted by Crippen LogP contribution is 2.35. The number of hydrogen-bond acceptors (Lipinski definition) is 2. The molecular formula is C17H27ClN2. The van der Waals surface area contributed by atoms with Gasteiger partial charge in [0, 0.05) is 17.1 Å². The smallest absolute Gasteiger partial charge is 0.0514 e. The number of hydrogen-bond donors (Lipinski definition) is 1. The van der Waals surface area contributed by atoms with Crippen LogP contribution in [0.3, 0.4) is 0 Å². The van der Waals surface area contributed by atoms with Gasteiger partial charge in [-0.2, -0.15) is 0 Å². The first kappa shape index (κ1) is 15.8. The van der Waals surface area contributed by atoms with Crippen LogP contribution in [-0.2, 0) is 0 Å². The minimum atomic E-state index is 0.0901. The van der Waals surface area contributed by atoms with Crippen molar-refractivity contribution in [1.29, 1.82) is 0 Å². The molecule has 1 heterocycles. The predicted molar refractivity (Wildman–Crippen MR) is 87.1 cm³/mol. The van der Waals surface area contributed by atoms with Crippen molar-refractivity contribution in [2.24, 2.45) is 5.73 Å². The molecule has 2 rings (SSSR count). The molecule has 0 amide bonds. The lowest BCUT2D eigenvalue weighted by Gasteiger charge is -2.43. The molecule has 0 spiro atoms. The first-order valence-electron chi connectivity index (χ1n) is 7.91. The summed E-state index contributed by atoms with van der Waals surface area (Å²) in [7, 11) is 0. The van der Waals surface area contributed by atoms with Gasteiger partial charge in [0.1, 0.15) is 0 Å². The maximum atomic E-state index is 6.42. The summed E-state index contributed by atoms with van der Waals surface area (Å²) in [5.74, 6) is 0. The summed E-state index contributed by atoms with van der Waals surface area (Å²) >= 11 is 6.42. The largest absolute Gasteiger partial charge is 0.326 e. The van der Waals surface area contributed by atoms with E-state index in [-0.39, 0.29) is 12.1 Å². The topological polar surface area (TPSA) is 29.3 Å². The average Bonchev–Trinajstić information content (AvgIpc) is 2.43. The number of nitrogens with two attached hydrogens (primary N) is 1. The molecule has 1 aromatic carbocycles. The highest BCUT2D eigenvalue weighted by molar-refractivity contribution is 6.31. The third-order valence-corrected chi connectivity index (χ3v) is 4.72. The molecule has 112 valence electrons. The molecular weight excluding hydrogens is 268 g/mol. The Balaban J connectivity index is 2.29. The summed E-state index contributed by atoms with van der Waals surface area (Å²) in [5.41, 5.74) is 7.51. The number of halogens is 1. The van der Waals surface area contributed by atoms with E-state index in [9.17, 15) is 0 Å². The summed E-state index contributed by atoms with van der Waals surface area (Å²) in [6, 6.07) is 9.15. The van der Waals surface area contributed by atoms with E-state index in [1.54, 1.807) is 0 Å². The van der Waals surface area contributed by atoms with Crippen LogP contribution in [0.1, 0.15) is 57.6 Å². The molecule has 0 aliphatic carbocycles. The van der Waals surface area contributed by atoms with E-state index in [4.69, 9.17) is 17.3 Å². The van der Waals surface area contributed by atoms with E-state index in [1.165, 1.54) is 37.7 Å². The van der Waals surface area contributed by atoms with E-state index in [0.717, 1.165) is 11.6 Å². The van der Waals surface area contributed by atoms with Crippen molar-refractivity contribution in [3.05, 3.63) is 34.9 Å². The molecule has 1 aliphatic heterocycles. The van der Waals surface area contributed by atoms with Gasteiger partial charge in [-0.1, -0.05) is 49.6 Å². The number of likely N-dealkylation sites (tertiary alicyclic amines) is 1. The van der Waals surface area contributed by atoms with Crippen LogP contribution in [0.4, 0.5) is 0 Å². The highest BCUT2D eigenvalue weighted by Gasteiger charge is 2.32. The number of piperidine rings is 1. The molecule has 3 unspecified atom stereocenters. The van der Waals surface area contributed by atoms with Crippen molar-refractivity contribution in [2.45, 2.75) is 64.1 Å². The van der Waals surface area contributed by atoms with Crippen LogP contribution in [0, 0.1) is 0 Å². The Morgan fingerprint density at radius 1 is 1.35 bits per heavy atom. The Morgan fingerprint density at radius 2 is 2.10 bits per heavy atom. The zero-order valence-corrected chi connectivity index (χ0v) is 13.4. The first-order chi connectivity index (χ1) is 9.65. The van der Waals surface area contributed by atoms with Gasteiger partial charge in [-0.15, -0.1) is 0 Å². The van der Waals surface area contributed by atoms with Crippen LogP contribution in [0.5, 0.6) is 0 Å². The maximum Gasteiger partial charge on any atom is 0.0514 e. The molecule has 20 heavy (non-hydrogen) atoms. The third-order valence-electron chi connectivity index (χ3n) is 4.37. The molecule has 1 aliphatic rings. The van der Waals surface area contributed by atoms with Gasteiger partial charge >= 0.3 is 0 Å². The summed E-state index contributed by atoms with van der Waals surface area (Å²) in [6.07, 6.45) is 6.40. The van der Waals surface area contributed by atoms with Crippen LogP contribution in [0.25, 0.3) is 0 Å². The molecule has 1 aromatic rings. The standard InChI is InChI=1S/C17H27ClN2/c1-3-8-14-9-6-7-12-20(14)17(13(2)19)15-10-4-5-11-16(15)18/h4-5,10-11,13-14,17H,3,6-9,12,19H2,1-2H3. The second-order valence-corrected chi connectivity index (χ2v) is 6.41. The summed E-state index contributed by atoms with van der Waals surface area (Å²) in [4.78, 5) is 2.61. The van der Waals surface area contributed by atoms with Crippen molar-refractivity contribution >= 4 is 11.6 Å². The van der Waals surface area contributed by atoms with Crippen molar-refractivity contribution in [3.8, 4) is 0 Å². The first-order valence-corrected chi connectivity index (χ1v) is 8.28. The van der Waals surface area contributed by atoms with Gasteiger partial charge in [0.2, 0.25) is 0 Å². The average molecular weight is 295 g/mol. The Hall–Kier alpha value is -0.570. The minimum absolute atomic E-state index is 0.0901. The Morgan fingerprint density at radius 3 is 2.75 bits per heavy atom. The Kier molecular flexibility index (Phi) is 5.88. The molecule has 0 aromatic heterocycles. The fourth-order valence-corrected chi connectivity index (χ4v) is 3.76. The molecule has 3 heteroatoms. The molecule has 2 N–H and O–H groups in total. The fourth-order valence-electron chi connectivity index (χ4n) is 3.51. The van der Waals surface area contributed by atoms with Crippen molar-refractivity contribution in [1.82, 2.24) is 4.90 Å². The molecule has 1 saturated heterocycles. The SMILES string of the molecule is CCCC1CCCCN1C(c1ccccc1Cl)C(C)N. The van der Waals surface area contributed by atoms with Crippen LogP contribution < -0.4 is 5.73 Å². The lowest BCUT2D eigenvalue weighted by atomic mass is 9.91. The van der Waals surface area contributed by atoms with Crippen LogP contribution >= 0.6 is 11.6 Å². The van der Waals surface area contributed by atoms with Gasteiger partial charge in [0.05, 0.1) is 6.04 Å². The van der Waals surface area contributed by atoms with Gasteiger partial charge < -0.3 is 5.73 Å². The van der Waals surface area contributed by atoms with Crippen LogP contribution in [0.2, 0.25) is 5.02 Å². The van der Waals surface area contributed by atoms with Gasteiger partial charge in [0.25, 0.3) is 0 Å². The van der Waals surface area contributed by atoms with E-state index in [2.05, 4.69) is 30.9 Å². The monoisotopic (exact) mass is 294 g/mol. The predicted octanol–water partition coefficient (Wildman–Crippen LogP) is 4.38. The molecule has 3 atom stereocenters. The number of benzene rings is 1. The van der Waals surface area contributed by atoms with E-state index < -0.39 is 0 Å². The summed E-state index contributed by atoms with van der Waals surface area (Å²) in [5, 5.41) is 0.843. The quantitative estimate of drug-likeness (QED) is 0.873. The lowest BCUT2D eigenvalue weighted by Crippen LogP contribution is -2.47. The third kappa shape index (κ3) is 3.55. The van der Waals surface area contributed by atoms with Crippen molar-refractivity contribution in [2.75, 3.05) is 6.54 Å². The minimum Gasteiger partial charge on any atom is -0.326 e. The van der Waals surface area contributed by atoms with Crippen molar-refractivity contribution < 1.29 is 0 Å². The van der Waals surface area contributed by atoms with E-state index >= 15 is 0 Å². The fraction of sp³-hybridized carbons (Fsp3) is 0.647. The zero-order chi connectivity index (χ0) is 14.5. The number of rotatable bonds is 5. The normalized spacial score (nSPS) is 23.5. The van der Waals surface area contributed by atoms with Gasteiger partial charge in [-0.25, -0.2) is 0 Å². The second kappa shape index (κ2) is 7.44. The van der Waals surface area contributed by atoms with Gasteiger partial charge in [0.15, 0.2) is 0 Å².